The van der Waals surface area contributed by atoms with Crippen molar-refractivity contribution in [3.8, 4) is 5.75 Å². The molecule has 0 saturated heterocycles. The van der Waals surface area contributed by atoms with E-state index >= 15 is 0 Å². The molecule has 2 atom stereocenters. The van der Waals surface area contributed by atoms with Crippen LogP contribution in [0.4, 0.5) is 0 Å². The molecule has 15 heavy (non-hydrogen) atoms. The molecule has 0 amide bonds. The van der Waals surface area contributed by atoms with Crippen molar-refractivity contribution in [2.45, 2.75) is 32.7 Å². The first-order valence-electron chi connectivity index (χ1n) is 5.53. The van der Waals surface area contributed by atoms with Crippen LogP contribution < -0.4 is 10.1 Å². The quantitative estimate of drug-likeness (QED) is 0.803. The Morgan fingerprint density at radius 2 is 2.27 bits per heavy atom. The number of methoxy groups -OCH3 is 1. The minimum atomic E-state index is 0.417. The van der Waals surface area contributed by atoms with E-state index in [0.717, 1.165) is 5.75 Å². The lowest BCUT2D eigenvalue weighted by atomic mass is 9.95. The highest BCUT2D eigenvalue weighted by Gasteiger charge is 2.21. The second kappa shape index (κ2) is 6.13. The summed E-state index contributed by atoms with van der Waals surface area (Å²) in [6.45, 7) is 4.53. The normalized spacial score (nSPS) is 14.9. The summed E-state index contributed by atoms with van der Waals surface area (Å²) in [5.74, 6) is 1.66. The largest absolute Gasteiger partial charge is 0.496 e. The molecule has 1 heterocycles. The zero-order valence-corrected chi connectivity index (χ0v) is 10.9. The Balaban J connectivity index is 2.81. The second-order valence-electron chi connectivity index (χ2n) is 3.89. The zero-order valence-electron chi connectivity index (χ0n) is 10.0. The van der Waals surface area contributed by atoms with Gasteiger partial charge in [-0.05, 0) is 30.8 Å². The molecule has 2 nitrogen and oxygen atoms in total. The third kappa shape index (κ3) is 2.95. The minimum Gasteiger partial charge on any atom is -0.496 e. The lowest BCUT2D eigenvalue weighted by molar-refractivity contribution is 0.362. The highest BCUT2D eigenvalue weighted by Crippen LogP contribution is 2.35. The molecular weight excluding hydrogens is 206 g/mol. The van der Waals surface area contributed by atoms with Crippen molar-refractivity contribution in [1.29, 1.82) is 0 Å². The number of hydrogen-bond donors (Lipinski definition) is 1. The first-order chi connectivity index (χ1) is 7.24. The molecule has 0 aliphatic rings. The van der Waals surface area contributed by atoms with Gasteiger partial charge in [0, 0.05) is 6.04 Å². The monoisotopic (exact) mass is 227 g/mol. The van der Waals surface area contributed by atoms with Crippen molar-refractivity contribution in [1.82, 2.24) is 5.32 Å². The van der Waals surface area contributed by atoms with Gasteiger partial charge in [-0.25, -0.2) is 0 Å². The number of ether oxygens (including phenoxy) is 1. The molecule has 0 aromatic carbocycles. The van der Waals surface area contributed by atoms with Gasteiger partial charge in [-0.3, -0.25) is 0 Å². The number of hydrogen-bond acceptors (Lipinski definition) is 3. The van der Waals surface area contributed by atoms with E-state index in [2.05, 4.69) is 24.5 Å². The van der Waals surface area contributed by atoms with E-state index in [1.807, 2.05) is 13.1 Å². The molecule has 1 aromatic rings. The van der Waals surface area contributed by atoms with E-state index in [9.17, 15) is 0 Å². The zero-order chi connectivity index (χ0) is 11.3. The Bertz CT molecular complexity index is 285. The highest BCUT2D eigenvalue weighted by molar-refractivity contribution is 7.10. The summed E-state index contributed by atoms with van der Waals surface area (Å²) in [7, 11) is 3.76. The minimum absolute atomic E-state index is 0.417. The molecule has 3 heteroatoms. The Hall–Kier alpha value is -0.540. The van der Waals surface area contributed by atoms with Gasteiger partial charge in [-0.15, -0.1) is 11.3 Å². The van der Waals surface area contributed by atoms with Gasteiger partial charge in [0.25, 0.3) is 0 Å². The summed E-state index contributed by atoms with van der Waals surface area (Å²) < 4.78 is 5.37. The maximum atomic E-state index is 5.37. The molecule has 0 aliphatic carbocycles. The van der Waals surface area contributed by atoms with Crippen molar-refractivity contribution in [2.75, 3.05) is 14.2 Å². The van der Waals surface area contributed by atoms with Crippen LogP contribution in [0, 0.1) is 5.92 Å². The van der Waals surface area contributed by atoms with Crippen LogP contribution in [0.15, 0.2) is 11.4 Å². The molecule has 1 rings (SSSR count). The maximum Gasteiger partial charge on any atom is 0.134 e. The van der Waals surface area contributed by atoms with Crippen LogP contribution in [0.1, 0.15) is 37.6 Å². The van der Waals surface area contributed by atoms with Crippen LogP contribution in [-0.2, 0) is 0 Å². The van der Waals surface area contributed by atoms with E-state index in [1.54, 1.807) is 18.4 Å². The summed E-state index contributed by atoms with van der Waals surface area (Å²) in [6, 6.07) is 2.46. The van der Waals surface area contributed by atoms with Gasteiger partial charge in [0.15, 0.2) is 0 Å². The summed E-state index contributed by atoms with van der Waals surface area (Å²) in [5.41, 5.74) is 0. The average Bonchev–Trinajstić information content (AvgIpc) is 2.67. The SMILES string of the molecule is CCCC(C)C(NC)c1sccc1OC. The smallest absolute Gasteiger partial charge is 0.134 e. The fourth-order valence-corrected chi connectivity index (χ4v) is 3.10. The van der Waals surface area contributed by atoms with Gasteiger partial charge in [0.2, 0.25) is 0 Å². The Morgan fingerprint density at radius 1 is 1.53 bits per heavy atom. The van der Waals surface area contributed by atoms with Crippen LogP contribution >= 0.6 is 11.3 Å². The molecule has 1 aromatic heterocycles. The van der Waals surface area contributed by atoms with Gasteiger partial charge in [0.1, 0.15) is 5.75 Å². The van der Waals surface area contributed by atoms with Gasteiger partial charge in [-0.2, -0.15) is 0 Å². The Morgan fingerprint density at radius 3 is 2.80 bits per heavy atom. The third-order valence-electron chi connectivity index (χ3n) is 2.78. The van der Waals surface area contributed by atoms with E-state index < -0.39 is 0 Å². The molecule has 0 bridgehead atoms. The van der Waals surface area contributed by atoms with Crippen molar-refractivity contribution < 1.29 is 4.74 Å². The first kappa shape index (κ1) is 12.5. The summed E-state index contributed by atoms with van der Waals surface area (Å²) in [4.78, 5) is 1.32. The highest BCUT2D eigenvalue weighted by atomic mass is 32.1. The molecule has 1 N–H and O–H groups in total. The van der Waals surface area contributed by atoms with Crippen LogP contribution in [0.3, 0.4) is 0 Å². The van der Waals surface area contributed by atoms with Crippen molar-refractivity contribution in [2.24, 2.45) is 5.92 Å². The van der Waals surface area contributed by atoms with E-state index in [-0.39, 0.29) is 0 Å². The molecule has 0 aliphatic heterocycles. The molecule has 0 radical (unpaired) electrons. The predicted molar refractivity (Wildman–Crippen MR) is 66.7 cm³/mol. The number of thiophene rings is 1. The molecule has 0 spiro atoms. The predicted octanol–water partition coefficient (Wildman–Crippen LogP) is 3.45. The fourth-order valence-electron chi connectivity index (χ4n) is 2.00. The van der Waals surface area contributed by atoms with Crippen molar-refractivity contribution in [3.63, 3.8) is 0 Å². The average molecular weight is 227 g/mol. The molecule has 0 saturated carbocycles. The van der Waals surface area contributed by atoms with Gasteiger partial charge in [-0.1, -0.05) is 20.3 Å². The van der Waals surface area contributed by atoms with Crippen LogP contribution in [0.25, 0.3) is 0 Å². The number of rotatable bonds is 6. The second-order valence-corrected chi connectivity index (χ2v) is 4.83. The summed E-state index contributed by atoms with van der Waals surface area (Å²) in [5, 5.41) is 5.49. The number of nitrogens with one attached hydrogen (secondary N) is 1. The maximum absolute atomic E-state index is 5.37. The third-order valence-corrected chi connectivity index (χ3v) is 3.76. The van der Waals surface area contributed by atoms with Crippen LogP contribution in [0.2, 0.25) is 0 Å². The Labute approximate surface area is 96.7 Å². The summed E-state index contributed by atoms with van der Waals surface area (Å²) >= 11 is 1.77. The van der Waals surface area contributed by atoms with Gasteiger partial charge in [0.05, 0.1) is 12.0 Å². The topological polar surface area (TPSA) is 21.3 Å². The lowest BCUT2D eigenvalue weighted by Crippen LogP contribution is -2.22. The van der Waals surface area contributed by atoms with Gasteiger partial charge < -0.3 is 10.1 Å². The van der Waals surface area contributed by atoms with Crippen LogP contribution in [0.5, 0.6) is 5.75 Å². The van der Waals surface area contributed by atoms with Crippen molar-refractivity contribution in [3.05, 3.63) is 16.3 Å². The van der Waals surface area contributed by atoms with E-state index in [1.165, 1.54) is 17.7 Å². The molecule has 2 unspecified atom stereocenters. The van der Waals surface area contributed by atoms with E-state index in [0.29, 0.717) is 12.0 Å². The van der Waals surface area contributed by atoms with E-state index in [4.69, 9.17) is 4.74 Å². The molecule has 0 fully saturated rings. The lowest BCUT2D eigenvalue weighted by Gasteiger charge is -2.23. The molecular formula is C12H21NOS. The standard InChI is InChI=1S/C12H21NOS/c1-5-6-9(2)11(13-3)12-10(14-4)7-8-15-12/h7-9,11,13H,5-6H2,1-4H3. The van der Waals surface area contributed by atoms with Crippen molar-refractivity contribution >= 4 is 11.3 Å². The Kier molecular flexibility index (Phi) is 5.12. The van der Waals surface area contributed by atoms with Gasteiger partial charge >= 0.3 is 0 Å². The van der Waals surface area contributed by atoms with Crippen LogP contribution in [-0.4, -0.2) is 14.2 Å². The molecule has 86 valence electrons. The first-order valence-corrected chi connectivity index (χ1v) is 6.41. The summed E-state index contributed by atoms with van der Waals surface area (Å²) in [6.07, 6.45) is 2.47. The fraction of sp³-hybridized carbons (Fsp3) is 0.667.